The Hall–Kier alpha value is -1.59. The van der Waals surface area contributed by atoms with Crippen molar-refractivity contribution in [3.63, 3.8) is 0 Å². The van der Waals surface area contributed by atoms with Crippen molar-refractivity contribution in [2.75, 3.05) is 52.9 Å². The third-order valence-electron chi connectivity index (χ3n) is 5.63. The first-order chi connectivity index (χ1) is 12.2. The largest absolute Gasteiger partial charge is 0.497 e. The molecule has 0 radical (unpaired) electrons. The fourth-order valence-corrected chi connectivity index (χ4v) is 3.87. The smallest absolute Gasteiger partial charge is 0.225 e. The van der Waals surface area contributed by atoms with Crippen LogP contribution in [0, 0.1) is 5.92 Å². The van der Waals surface area contributed by atoms with Gasteiger partial charge in [-0.3, -0.25) is 9.69 Å². The Morgan fingerprint density at radius 3 is 2.20 bits per heavy atom. The van der Waals surface area contributed by atoms with Gasteiger partial charge in [0.15, 0.2) is 0 Å². The summed E-state index contributed by atoms with van der Waals surface area (Å²) in [5.41, 5.74) is 1.31. The molecule has 138 valence electrons. The van der Waals surface area contributed by atoms with Gasteiger partial charge in [0, 0.05) is 38.6 Å². The van der Waals surface area contributed by atoms with Gasteiger partial charge in [-0.1, -0.05) is 19.1 Å². The van der Waals surface area contributed by atoms with Crippen LogP contribution in [-0.2, 0) is 11.3 Å². The summed E-state index contributed by atoms with van der Waals surface area (Å²) in [7, 11) is 1.69. The number of hydrogen-bond acceptors (Lipinski definition) is 4. The average Bonchev–Trinajstić information content (AvgIpc) is 2.69. The van der Waals surface area contributed by atoms with E-state index in [1.807, 2.05) is 12.1 Å². The first kappa shape index (κ1) is 18.2. The summed E-state index contributed by atoms with van der Waals surface area (Å²) in [5, 5.41) is 0. The molecule has 2 heterocycles. The van der Waals surface area contributed by atoms with Gasteiger partial charge in [-0.25, -0.2) is 0 Å². The number of likely N-dealkylation sites (N-methyl/N-ethyl adjacent to an activating group) is 1. The molecule has 0 unspecified atom stereocenters. The minimum Gasteiger partial charge on any atom is -0.497 e. The molecule has 5 nitrogen and oxygen atoms in total. The van der Waals surface area contributed by atoms with Crippen LogP contribution in [0.5, 0.6) is 5.75 Å². The molecule has 0 atom stereocenters. The Morgan fingerprint density at radius 2 is 1.64 bits per heavy atom. The van der Waals surface area contributed by atoms with Crippen LogP contribution in [0.3, 0.4) is 0 Å². The van der Waals surface area contributed by atoms with Crippen LogP contribution in [0.4, 0.5) is 0 Å². The Balaban J connectivity index is 1.44. The maximum atomic E-state index is 12.8. The van der Waals surface area contributed by atoms with Crippen LogP contribution in [-0.4, -0.2) is 73.5 Å². The molecule has 2 aliphatic heterocycles. The van der Waals surface area contributed by atoms with Gasteiger partial charge < -0.3 is 14.5 Å². The number of piperazine rings is 1. The lowest BCUT2D eigenvalue weighted by Crippen LogP contribution is -2.51. The van der Waals surface area contributed by atoms with Crippen LogP contribution < -0.4 is 4.74 Å². The second-order valence-electron chi connectivity index (χ2n) is 7.16. The third kappa shape index (κ3) is 4.73. The van der Waals surface area contributed by atoms with E-state index in [-0.39, 0.29) is 5.92 Å². The average molecular weight is 345 g/mol. The molecular formula is C20H31N3O2. The molecule has 0 saturated carbocycles. The number of likely N-dealkylation sites (tertiary alicyclic amines) is 1. The molecule has 1 amide bonds. The molecule has 0 bridgehead atoms. The quantitative estimate of drug-likeness (QED) is 0.819. The fraction of sp³-hybridized carbons (Fsp3) is 0.650. The van der Waals surface area contributed by atoms with E-state index in [1.54, 1.807) is 7.11 Å². The van der Waals surface area contributed by atoms with E-state index in [4.69, 9.17) is 4.74 Å². The summed E-state index contributed by atoms with van der Waals surface area (Å²) in [6.07, 6.45) is 1.98. The summed E-state index contributed by atoms with van der Waals surface area (Å²) < 4.78 is 5.21. The number of piperidine rings is 1. The molecule has 0 aromatic heterocycles. The normalized spacial score (nSPS) is 20.6. The number of ether oxygens (including phenoxy) is 1. The van der Waals surface area contributed by atoms with Crippen molar-refractivity contribution < 1.29 is 9.53 Å². The molecular weight excluding hydrogens is 314 g/mol. The summed E-state index contributed by atoms with van der Waals surface area (Å²) in [6.45, 7) is 10.1. The van der Waals surface area contributed by atoms with E-state index in [0.29, 0.717) is 5.91 Å². The highest BCUT2D eigenvalue weighted by molar-refractivity contribution is 5.79. The van der Waals surface area contributed by atoms with Gasteiger partial charge in [0.05, 0.1) is 7.11 Å². The number of hydrogen-bond donors (Lipinski definition) is 0. The summed E-state index contributed by atoms with van der Waals surface area (Å²) >= 11 is 0. The minimum atomic E-state index is 0.222. The zero-order valence-electron chi connectivity index (χ0n) is 15.6. The molecule has 2 aliphatic rings. The van der Waals surface area contributed by atoms with Crippen molar-refractivity contribution in [1.82, 2.24) is 14.7 Å². The van der Waals surface area contributed by atoms with E-state index in [2.05, 4.69) is 33.8 Å². The molecule has 1 aromatic carbocycles. The number of methoxy groups -OCH3 is 1. The first-order valence-electron chi connectivity index (χ1n) is 9.56. The van der Waals surface area contributed by atoms with Gasteiger partial charge >= 0.3 is 0 Å². The lowest BCUT2D eigenvalue weighted by molar-refractivity contribution is -0.138. The molecule has 25 heavy (non-hydrogen) atoms. The Morgan fingerprint density at radius 1 is 1.00 bits per heavy atom. The van der Waals surface area contributed by atoms with Gasteiger partial charge in [0.25, 0.3) is 0 Å². The number of rotatable bonds is 5. The van der Waals surface area contributed by atoms with Crippen molar-refractivity contribution in [2.24, 2.45) is 5.92 Å². The van der Waals surface area contributed by atoms with Gasteiger partial charge in [0.1, 0.15) is 5.75 Å². The Kier molecular flexibility index (Phi) is 6.32. The zero-order chi connectivity index (χ0) is 17.6. The monoisotopic (exact) mass is 345 g/mol. The molecule has 3 rings (SSSR count). The summed E-state index contributed by atoms with van der Waals surface area (Å²) in [5.74, 6) is 1.51. The highest BCUT2D eigenvalue weighted by Gasteiger charge is 2.30. The summed E-state index contributed by atoms with van der Waals surface area (Å²) in [6, 6.07) is 8.29. The van der Waals surface area contributed by atoms with Crippen LogP contribution in [0.2, 0.25) is 0 Å². The van der Waals surface area contributed by atoms with Crippen molar-refractivity contribution in [3.05, 3.63) is 29.8 Å². The third-order valence-corrected chi connectivity index (χ3v) is 5.63. The number of nitrogens with zero attached hydrogens (tertiary/aromatic N) is 3. The molecule has 1 aromatic rings. The van der Waals surface area contributed by atoms with Crippen LogP contribution in [0.25, 0.3) is 0 Å². The molecule has 0 aliphatic carbocycles. The van der Waals surface area contributed by atoms with Gasteiger partial charge in [-0.05, 0) is 50.2 Å². The number of carbonyl (C=O) groups excluding carboxylic acids is 1. The van der Waals surface area contributed by atoms with Crippen LogP contribution in [0.1, 0.15) is 25.3 Å². The van der Waals surface area contributed by atoms with Gasteiger partial charge in [0.2, 0.25) is 5.91 Å². The van der Waals surface area contributed by atoms with E-state index in [0.717, 1.165) is 70.9 Å². The van der Waals surface area contributed by atoms with E-state index >= 15 is 0 Å². The molecule has 0 spiro atoms. The summed E-state index contributed by atoms with van der Waals surface area (Å²) in [4.78, 5) is 19.7. The lowest BCUT2D eigenvalue weighted by Gasteiger charge is -2.38. The number of benzene rings is 1. The van der Waals surface area contributed by atoms with Crippen LogP contribution >= 0.6 is 0 Å². The van der Waals surface area contributed by atoms with Crippen molar-refractivity contribution in [2.45, 2.75) is 26.3 Å². The highest BCUT2D eigenvalue weighted by Crippen LogP contribution is 2.22. The molecule has 2 fully saturated rings. The topological polar surface area (TPSA) is 36.0 Å². The molecule has 5 heteroatoms. The van der Waals surface area contributed by atoms with E-state index in [9.17, 15) is 4.79 Å². The second-order valence-corrected chi connectivity index (χ2v) is 7.16. The lowest BCUT2D eigenvalue weighted by atomic mass is 9.94. The number of amides is 1. The second kappa shape index (κ2) is 8.68. The Labute approximate surface area is 151 Å². The predicted molar refractivity (Wildman–Crippen MR) is 99.7 cm³/mol. The number of carbonyl (C=O) groups is 1. The van der Waals surface area contributed by atoms with Crippen molar-refractivity contribution in [1.29, 1.82) is 0 Å². The molecule has 2 saturated heterocycles. The highest BCUT2D eigenvalue weighted by atomic mass is 16.5. The van der Waals surface area contributed by atoms with Gasteiger partial charge in [-0.15, -0.1) is 0 Å². The maximum Gasteiger partial charge on any atom is 0.225 e. The van der Waals surface area contributed by atoms with E-state index < -0.39 is 0 Å². The maximum absolute atomic E-state index is 12.8. The molecule has 0 N–H and O–H groups in total. The zero-order valence-corrected chi connectivity index (χ0v) is 15.6. The van der Waals surface area contributed by atoms with Crippen molar-refractivity contribution >= 4 is 5.91 Å². The van der Waals surface area contributed by atoms with Crippen molar-refractivity contribution in [3.8, 4) is 5.75 Å². The van der Waals surface area contributed by atoms with E-state index in [1.165, 1.54) is 5.56 Å². The Bertz CT molecular complexity index is 545. The fourth-order valence-electron chi connectivity index (χ4n) is 3.87. The SMILES string of the molecule is CCN1CCN(C(=O)C2CCN(Cc3ccc(OC)cc3)CC2)CC1. The van der Waals surface area contributed by atoms with Crippen LogP contribution in [0.15, 0.2) is 24.3 Å². The minimum absolute atomic E-state index is 0.222. The standard InChI is InChI=1S/C20H31N3O2/c1-3-21-12-14-23(15-13-21)20(24)18-8-10-22(11-9-18)16-17-4-6-19(25-2)7-5-17/h4-7,18H,3,8-16H2,1-2H3. The predicted octanol–water partition coefficient (Wildman–Crippen LogP) is 2.07. The first-order valence-corrected chi connectivity index (χ1v) is 9.56. The van der Waals surface area contributed by atoms with Gasteiger partial charge in [-0.2, -0.15) is 0 Å².